The van der Waals surface area contributed by atoms with Crippen LogP contribution in [0, 0.1) is 0 Å². The van der Waals surface area contributed by atoms with E-state index in [2.05, 4.69) is 0 Å². The number of alkyl halides is 2. The van der Waals surface area contributed by atoms with Crippen molar-refractivity contribution in [2.45, 2.75) is 23.6 Å². The summed E-state index contributed by atoms with van der Waals surface area (Å²) in [5, 5.41) is 0. The van der Waals surface area contributed by atoms with Crippen LogP contribution in [0.4, 0.5) is 0 Å². The first-order chi connectivity index (χ1) is 4.61. The zero-order valence-corrected chi connectivity index (χ0v) is 6.55. The monoisotopic (exact) mass is 186 g/mol. The molecule has 0 aromatic heterocycles. The molecule has 1 aliphatic rings. The SMILES string of the molecule is NC1OC(Cl)C(N)OC1Cl. The summed E-state index contributed by atoms with van der Waals surface area (Å²) in [6, 6.07) is 0. The Morgan fingerprint density at radius 1 is 0.900 bits per heavy atom. The van der Waals surface area contributed by atoms with Gasteiger partial charge in [-0.1, -0.05) is 23.2 Å². The molecule has 0 bridgehead atoms. The van der Waals surface area contributed by atoms with Crippen molar-refractivity contribution in [3.05, 3.63) is 0 Å². The second-order valence-corrected chi connectivity index (χ2v) is 2.76. The van der Waals surface area contributed by atoms with Crippen LogP contribution in [0.1, 0.15) is 0 Å². The van der Waals surface area contributed by atoms with Gasteiger partial charge in [0.1, 0.15) is 12.5 Å². The summed E-state index contributed by atoms with van der Waals surface area (Å²) >= 11 is 11.0. The highest BCUT2D eigenvalue weighted by Crippen LogP contribution is 2.19. The van der Waals surface area contributed by atoms with Gasteiger partial charge in [-0.25, -0.2) is 0 Å². The summed E-state index contributed by atoms with van der Waals surface area (Å²) in [5.41, 5.74) is 9.19. The minimum atomic E-state index is -0.718. The Balaban J connectivity index is 2.46. The van der Waals surface area contributed by atoms with E-state index < -0.39 is 23.6 Å². The number of hydrogen-bond donors (Lipinski definition) is 2. The van der Waals surface area contributed by atoms with Gasteiger partial charge in [-0.15, -0.1) is 0 Å². The Kier molecular flexibility index (Phi) is 2.74. The molecule has 10 heavy (non-hydrogen) atoms. The van der Waals surface area contributed by atoms with Crippen molar-refractivity contribution in [2.75, 3.05) is 0 Å². The first-order valence-electron chi connectivity index (χ1n) is 2.71. The van der Waals surface area contributed by atoms with Gasteiger partial charge in [0.2, 0.25) is 0 Å². The predicted octanol–water partition coefficient (Wildman–Crippen LogP) is -0.267. The standard InChI is InChI=1S/C4H8Cl2N2O2/c5-1-3(7)10-2(6)4(8)9-1/h1-4H,7-8H2. The molecule has 4 N–H and O–H groups in total. The van der Waals surface area contributed by atoms with Gasteiger partial charge in [-0.3, -0.25) is 0 Å². The van der Waals surface area contributed by atoms with E-state index in [0.717, 1.165) is 0 Å². The Hall–Kier alpha value is 0.420. The maximum absolute atomic E-state index is 5.52. The molecule has 4 atom stereocenters. The molecule has 0 radical (unpaired) electrons. The molecule has 0 aromatic carbocycles. The lowest BCUT2D eigenvalue weighted by atomic mass is 10.5. The van der Waals surface area contributed by atoms with Gasteiger partial charge in [0.25, 0.3) is 0 Å². The summed E-state index contributed by atoms with van der Waals surface area (Å²) in [6.45, 7) is 0. The minimum Gasteiger partial charge on any atom is -0.336 e. The second-order valence-electron chi connectivity index (χ2n) is 1.90. The summed E-state index contributed by atoms with van der Waals surface area (Å²) in [6.07, 6.45) is -1.41. The number of nitrogens with two attached hydrogens (primary N) is 2. The van der Waals surface area contributed by atoms with Crippen LogP contribution in [0.25, 0.3) is 0 Å². The average Bonchev–Trinajstić information content (AvgIpc) is 1.84. The zero-order valence-electron chi connectivity index (χ0n) is 5.04. The minimum absolute atomic E-state index is 0.705. The Labute approximate surface area is 68.3 Å². The molecule has 0 aliphatic carbocycles. The van der Waals surface area contributed by atoms with Crippen LogP contribution in [-0.4, -0.2) is 23.6 Å². The van der Waals surface area contributed by atoms with E-state index in [0.29, 0.717) is 0 Å². The highest BCUT2D eigenvalue weighted by atomic mass is 35.5. The first-order valence-corrected chi connectivity index (χ1v) is 3.59. The molecule has 1 fully saturated rings. The van der Waals surface area contributed by atoms with Gasteiger partial charge in [-0.05, 0) is 0 Å². The fourth-order valence-electron chi connectivity index (χ4n) is 0.579. The summed E-state index contributed by atoms with van der Waals surface area (Å²) in [5.74, 6) is 0. The van der Waals surface area contributed by atoms with Crippen molar-refractivity contribution in [2.24, 2.45) is 11.5 Å². The van der Waals surface area contributed by atoms with Gasteiger partial charge < -0.3 is 20.9 Å². The molecule has 6 heteroatoms. The van der Waals surface area contributed by atoms with Crippen molar-refractivity contribution < 1.29 is 9.47 Å². The highest BCUT2D eigenvalue weighted by molar-refractivity contribution is 6.21. The first kappa shape index (κ1) is 8.52. The van der Waals surface area contributed by atoms with Crippen molar-refractivity contribution >= 4 is 23.2 Å². The predicted molar refractivity (Wildman–Crippen MR) is 37.4 cm³/mol. The molecular formula is C4H8Cl2N2O2. The van der Waals surface area contributed by atoms with Crippen LogP contribution in [0.3, 0.4) is 0 Å². The van der Waals surface area contributed by atoms with Gasteiger partial charge in [-0.2, -0.15) is 0 Å². The fourth-order valence-corrected chi connectivity index (χ4v) is 0.935. The number of rotatable bonds is 0. The van der Waals surface area contributed by atoms with Crippen molar-refractivity contribution in [3.8, 4) is 0 Å². The molecule has 0 amide bonds. The maximum atomic E-state index is 5.52. The molecule has 60 valence electrons. The normalized spacial score (nSPS) is 49.2. The topological polar surface area (TPSA) is 70.5 Å². The quantitative estimate of drug-likeness (QED) is 0.512. The number of hydrogen-bond acceptors (Lipinski definition) is 4. The molecule has 1 aliphatic heterocycles. The summed E-state index contributed by atoms with van der Waals surface area (Å²) in [4.78, 5) is 0. The molecule has 1 saturated heterocycles. The smallest absolute Gasteiger partial charge is 0.172 e. The maximum Gasteiger partial charge on any atom is 0.172 e. The van der Waals surface area contributed by atoms with Crippen LogP contribution in [0.2, 0.25) is 0 Å². The lowest BCUT2D eigenvalue weighted by Crippen LogP contribution is -2.52. The van der Waals surface area contributed by atoms with E-state index >= 15 is 0 Å². The van der Waals surface area contributed by atoms with Crippen molar-refractivity contribution in [1.82, 2.24) is 0 Å². The molecule has 4 nitrogen and oxygen atoms in total. The van der Waals surface area contributed by atoms with Gasteiger partial charge in [0, 0.05) is 0 Å². The van der Waals surface area contributed by atoms with Crippen LogP contribution in [0.5, 0.6) is 0 Å². The van der Waals surface area contributed by atoms with Crippen LogP contribution < -0.4 is 11.5 Å². The van der Waals surface area contributed by atoms with E-state index in [9.17, 15) is 0 Å². The fraction of sp³-hybridized carbons (Fsp3) is 1.00. The van der Waals surface area contributed by atoms with Gasteiger partial charge in [0.05, 0.1) is 0 Å². The van der Waals surface area contributed by atoms with Crippen molar-refractivity contribution in [3.63, 3.8) is 0 Å². The zero-order chi connectivity index (χ0) is 7.72. The Morgan fingerprint density at radius 3 is 1.50 bits per heavy atom. The number of ether oxygens (including phenoxy) is 2. The molecule has 0 aromatic rings. The van der Waals surface area contributed by atoms with E-state index in [-0.39, 0.29) is 0 Å². The van der Waals surface area contributed by atoms with E-state index in [1.807, 2.05) is 0 Å². The highest BCUT2D eigenvalue weighted by Gasteiger charge is 2.32. The molecule has 4 unspecified atom stereocenters. The van der Waals surface area contributed by atoms with Gasteiger partial charge in [0.15, 0.2) is 11.1 Å². The van der Waals surface area contributed by atoms with Gasteiger partial charge >= 0.3 is 0 Å². The third-order valence-corrected chi connectivity index (χ3v) is 1.79. The molecule has 1 rings (SSSR count). The molecule has 0 spiro atoms. The summed E-state index contributed by atoms with van der Waals surface area (Å²) < 4.78 is 9.74. The lowest BCUT2D eigenvalue weighted by Gasteiger charge is -2.32. The molecule has 1 heterocycles. The average molecular weight is 187 g/mol. The Morgan fingerprint density at radius 2 is 1.20 bits per heavy atom. The van der Waals surface area contributed by atoms with Crippen molar-refractivity contribution in [1.29, 1.82) is 0 Å². The lowest BCUT2D eigenvalue weighted by molar-refractivity contribution is -0.163. The van der Waals surface area contributed by atoms with Crippen LogP contribution in [0.15, 0.2) is 0 Å². The van der Waals surface area contributed by atoms with E-state index in [1.165, 1.54) is 0 Å². The summed E-state index contributed by atoms with van der Waals surface area (Å²) in [7, 11) is 0. The third kappa shape index (κ3) is 1.72. The third-order valence-electron chi connectivity index (χ3n) is 1.09. The number of halogens is 2. The second kappa shape index (κ2) is 3.21. The molecular weight excluding hydrogens is 179 g/mol. The van der Waals surface area contributed by atoms with E-state index in [4.69, 9.17) is 44.1 Å². The largest absolute Gasteiger partial charge is 0.336 e. The van der Waals surface area contributed by atoms with E-state index in [1.54, 1.807) is 0 Å². The van der Waals surface area contributed by atoms with Crippen LogP contribution in [-0.2, 0) is 9.47 Å². The van der Waals surface area contributed by atoms with Crippen LogP contribution >= 0.6 is 23.2 Å². The molecule has 0 saturated carbocycles. The Bertz CT molecular complexity index is 99.8.